The molecule has 0 fully saturated rings. The Morgan fingerprint density at radius 2 is 1.86 bits per heavy atom. The van der Waals surface area contributed by atoms with E-state index < -0.39 is 29.6 Å². The first-order valence-corrected chi connectivity index (χ1v) is 6.72. The Kier molecular flexibility index (Phi) is 4.69. The van der Waals surface area contributed by atoms with Crippen molar-refractivity contribution in [1.29, 1.82) is 0 Å². The highest BCUT2D eigenvalue weighted by Gasteiger charge is 2.35. The molecule has 0 radical (unpaired) electrons. The first-order valence-electron chi connectivity index (χ1n) is 5.93. The number of benzene rings is 1. The van der Waals surface area contributed by atoms with Crippen LogP contribution >= 0.6 is 15.9 Å². The van der Waals surface area contributed by atoms with Crippen LogP contribution in [0.15, 0.2) is 28.7 Å². The number of hydrogen-bond donors (Lipinski definition) is 2. The lowest BCUT2D eigenvalue weighted by Crippen LogP contribution is -2.12. The highest BCUT2D eigenvalue weighted by atomic mass is 79.9. The van der Waals surface area contributed by atoms with Crippen molar-refractivity contribution in [2.45, 2.75) is 19.4 Å². The maximum atomic E-state index is 12.6. The van der Waals surface area contributed by atoms with Gasteiger partial charge in [0.15, 0.2) is 12.0 Å². The number of aryl methyl sites for hydroxylation is 1. The zero-order valence-electron chi connectivity index (χ0n) is 11.1. The fraction of sp³-hybridized carbons (Fsp3) is 0.231. The molecule has 1 aromatic carbocycles. The fourth-order valence-electron chi connectivity index (χ4n) is 1.63. The molecule has 0 aliphatic rings. The van der Waals surface area contributed by atoms with Gasteiger partial charge in [0.1, 0.15) is 5.75 Å². The summed E-state index contributed by atoms with van der Waals surface area (Å²) in [6, 6.07) is 5.43. The predicted molar refractivity (Wildman–Crippen MR) is 73.2 cm³/mol. The van der Waals surface area contributed by atoms with Crippen LogP contribution in [0.3, 0.4) is 0 Å². The first kappa shape index (κ1) is 16.7. The lowest BCUT2D eigenvalue weighted by Gasteiger charge is -2.14. The van der Waals surface area contributed by atoms with E-state index in [1.165, 1.54) is 0 Å². The van der Waals surface area contributed by atoms with E-state index in [0.29, 0.717) is 17.4 Å². The summed E-state index contributed by atoms with van der Waals surface area (Å²) >= 11 is 3.26. The second kappa shape index (κ2) is 6.19. The summed E-state index contributed by atoms with van der Waals surface area (Å²) in [5.74, 6) is -0.104. The number of halogens is 4. The average Bonchev–Trinajstić information content (AvgIpc) is 2.40. The third kappa shape index (κ3) is 3.73. The summed E-state index contributed by atoms with van der Waals surface area (Å²) in [5.41, 5.74) is -1.19. The Hall–Kier alpha value is -1.71. The molecular weight excluding hydrogens is 369 g/mol. The number of ether oxygens (including phenoxy) is 1. The van der Waals surface area contributed by atoms with Crippen LogP contribution in [0.1, 0.15) is 23.1 Å². The Balaban J connectivity index is 2.42. The Morgan fingerprint density at radius 3 is 2.41 bits per heavy atom. The van der Waals surface area contributed by atoms with Crippen LogP contribution in [0, 0.1) is 6.92 Å². The molecule has 0 unspecified atom stereocenters. The van der Waals surface area contributed by atoms with E-state index in [1.807, 2.05) is 0 Å². The Labute approximate surface area is 131 Å². The molecule has 2 rings (SSSR count). The molecule has 5 nitrogen and oxygen atoms in total. The van der Waals surface area contributed by atoms with Gasteiger partial charge in [-0.15, -0.1) is 10.2 Å². The van der Waals surface area contributed by atoms with Crippen LogP contribution < -0.4 is 4.74 Å². The summed E-state index contributed by atoms with van der Waals surface area (Å²) in [6.45, 7) is 1.71. The van der Waals surface area contributed by atoms with Crippen LogP contribution in [0.4, 0.5) is 13.2 Å². The number of nitrogens with zero attached hydrogens (tertiary/aromatic N) is 2. The summed E-state index contributed by atoms with van der Waals surface area (Å²) in [5, 5.41) is 24.7. The molecule has 22 heavy (non-hydrogen) atoms. The van der Waals surface area contributed by atoms with Gasteiger partial charge in [-0.25, -0.2) is 0 Å². The van der Waals surface area contributed by atoms with Gasteiger partial charge >= 0.3 is 6.18 Å². The van der Waals surface area contributed by atoms with Crippen LogP contribution in [0.2, 0.25) is 0 Å². The minimum atomic E-state index is -4.75. The molecular formula is C13H10BrF3N2O3. The first-order chi connectivity index (χ1) is 10.2. The van der Waals surface area contributed by atoms with Gasteiger partial charge in [0.2, 0.25) is 5.88 Å². The maximum absolute atomic E-state index is 12.6. The second-order valence-corrected chi connectivity index (χ2v) is 5.29. The lowest BCUT2D eigenvalue weighted by molar-refractivity contribution is -0.142. The van der Waals surface area contributed by atoms with E-state index in [1.54, 1.807) is 25.1 Å². The average molecular weight is 379 g/mol. The number of rotatable bonds is 3. The van der Waals surface area contributed by atoms with E-state index in [9.17, 15) is 23.4 Å². The van der Waals surface area contributed by atoms with Crippen LogP contribution in [-0.2, 0) is 6.18 Å². The van der Waals surface area contributed by atoms with E-state index in [0.717, 1.165) is 4.47 Å². The molecule has 0 saturated heterocycles. The molecule has 2 aromatic rings. The zero-order valence-corrected chi connectivity index (χ0v) is 12.7. The van der Waals surface area contributed by atoms with Crippen molar-refractivity contribution >= 4 is 15.9 Å². The van der Waals surface area contributed by atoms with E-state index in [4.69, 9.17) is 4.74 Å². The molecule has 0 spiro atoms. The third-order valence-electron chi connectivity index (χ3n) is 2.70. The molecule has 1 aromatic heterocycles. The number of aliphatic hydroxyl groups excluding tert-OH is 1. The number of aromatic nitrogens is 2. The van der Waals surface area contributed by atoms with Gasteiger partial charge in [-0.2, -0.15) is 13.2 Å². The van der Waals surface area contributed by atoms with Crippen molar-refractivity contribution in [2.24, 2.45) is 0 Å². The standard InChI is InChI=1S/C13H10BrF3N2O3/c1-6-4-7(14)2-3-9(6)22-11-8(12(20)21)5-10(18-19-11)13(15,16)17/h2-5,12,20-21H,1H3. The summed E-state index contributed by atoms with van der Waals surface area (Å²) in [6.07, 6.45) is -6.93. The van der Waals surface area contributed by atoms with Crippen LogP contribution in [0.5, 0.6) is 11.6 Å². The van der Waals surface area contributed by atoms with Crippen molar-refractivity contribution in [3.05, 3.63) is 45.6 Å². The summed E-state index contributed by atoms with van der Waals surface area (Å²) in [7, 11) is 0. The molecule has 1 heterocycles. The highest BCUT2D eigenvalue weighted by Crippen LogP contribution is 2.34. The van der Waals surface area contributed by atoms with E-state index >= 15 is 0 Å². The maximum Gasteiger partial charge on any atom is 0.435 e. The minimum Gasteiger partial charge on any atom is -0.437 e. The van der Waals surface area contributed by atoms with Gasteiger partial charge in [0, 0.05) is 4.47 Å². The Morgan fingerprint density at radius 1 is 1.18 bits per heavy atom. The van der Waals surface area contributed by atoms with E-state index in [-0.39, 0.29) is 0 Å². The number of aliphatic hydroxyl groups is 2. The molecule has 118 valence electrons. The SMILES string of the molecule is Cc1cc(Br)ccc1Oc1nnc(C(F)(F)F)cc1C(O)O. The van der Waals surface area contributed by atoms with E-state index in [2.05, 4.69) is 26.1 Å². The number of alkyl halides is 3. The molecule has 0 aliphatic heterocycles. The minimum absolute atomic E-state index is 0.305. The van der Waals surface area contributed by atoms with Gasteiger partial charge in [-0.3, -0.25) is 0 Å². The molecule has 0 atom stereocenters. The normalized spacial score (nSPS) is 11.8. The molecule has 0 bridgehead atoms. The van der Waals surface area contributed by atoms with Gasteiger partial charge in [0.05, 0.1) is 5.56 Å². The molecule has 0 aliphatic carbocycles. The topological polar surface area (TPSA) is 75.5 Å². The smallest absolute Gasteiger partial charge is 0.435 e. The molecule has 2 N–H and O–H groups in total. The van der Waals surface area contributed by atoms with Gasteiger partial charge in [0.25, 0.3) is 0 Å². The largest absolute Gasteiger partial charge is 0.437 e. The lowest BCUT2D eigenvalue weighted by atomic mass is 10.2. The summed E-state index contributed by atoms with van der Waals surface area (Å²) in [4.78, 5) is 0. The van der Waals surface area contributed by atoms with Crippen molar-refractivity contribution in [3.63, 3.8) is 0 Å². The predicted octanol–water partition coefficient (Wildman–Crippen LogP) is 3.34. The van der Waals surface area contributed by atoms with Gasteiger partial charge in [-0.1, -0.05) is 15.9 Å². The molecule has 0 saturated carbocycles. The monoisotopic (exact) mass is 378 g/mol. The number of hydrogen-bond acceptors (Lipinski definition) is 5. The second-order valence-electron chi connectivity index (χ2n) is 4.37. The van der Waals surface area contributed by atoms with Gasteiger partial charge in [-0.05, 0) is 36.8 Å². The summed E-state index contributed by atoms with van der Waals surface area (Å²) < 4.78 is 43.9. The van der Waals surface area contributed by atoms with Crippen LogP contribution in [-0.4, -0.2) is 20.4 Å². The van der Waals surface area contributed by atoms with Gasteiger partial charge < -0.3 is 14.9 Å². The van der Waals surface area contributed by atoms with Crippen molar-refractivity contribution in [1.82, 2.24) is 10.2 Å². The molecule has 9 heteroatoms. The fourth-order valence-corrected chi connectivity index (χ4v) is 2.10. The zero-order chi connectivity index (χ0) is 16.5. The van der Waals surface area contributed by atoms with Crippen LogP contribution in [0.25, 0.3) is 0 Å². The van der Waals surface area contributed by atoms with Crippen molar-refractivity contribution in [2.75, 3.05) is 0 Å². The highest BCUT2D eigenvalue weighted by molar-refractivity contribution is 9.10. The van der Waals surface area contributed by atoms with Crippen molar-refractivity contribution in [3.8, 4) is 11.6 Å². The Bertz CT molecular complexity index is 693. The molecule has 0 amide bonds. The quantitative estimate of drug-likeness (QED) is 0.801. The van der Waals surface area contributed by atoms with Crippen molar-refractivity contribution < 1.29 is 28.1 Å². The third-order valence-corrected chi connectivity index (χ3v) is 3.19.